The molecule has 0 aliphatic carbocycles. The van der Waals surface area contributed by atoms with Gasteiger partial charge in [0.05, 0.1) is 17.5 Å². The van der Waals surface area contributed by atoms with Gasteiger partial charge in [-0.15, -0.1) is 6.42 Å². The predicted molar refractivity (Wildman–Crippen MR) is 147 cm³/mol. The van der Waals surface area contributed by atoms with E-state index in [0.29, 0.717) is 17.9 Å². The van der Waals surface area contributed by atoms with Gasteiger partial charge in [-0.3, -0.25) is 19.8 Å². The summed E-state index contributed by atoms with van der Waals surface area (Å²) >= 11 is 0. The average molecular weight is 617 g/mol. The molecule has 0 unspecified atom stereocenters. The molecule has 3 amide bonds. The first kappa shape index (κ1) is 33.1. The molecule has 4 rings (SSSR count). The summed E-state index contributed by atoms with van der Waals surface area (Å²) < 4.78 is 42.6. The summed E-state index contributed by atoms with van der Waals surface area (Å²) in [6.07, 6.45) is -0.682. The van der Waals surface area contributed by atoms with Crippen molar-refractivity contribution in [2.45, 2.75) is 25.7 Å². The molecule has 0 radical (unpaired) electrons. The van der Waals surface area contributed by atoms with Crippen molar-refractivity contribution in [3.63, 3.8) is 0 Å². The van der Waals surface area contributed by atoms with E-state index < -0.39 is 42.0 Å². The number of aryl methyl sites for hydroxylation is 1. The first-order chi connectivity index (χ1) is 20.8. The van der Waals surface area contributed by atoms with Crippen LogP contribution in [0.1, 0.15) is 21.6 Å². The zero-order chi connectivity index (χ0) is 32.4. The maximum Gasteiger partial charge on any atom is 0.490 e. The van der Waals surface area contributed by atoms with Crippen molar-refractivity contribution in [3.8, 4) is 18.1 Å². The lowest BCUT2D eigenvalue weighted by Gasteiger charge is -2.18. The Morgan fingerprint density at radius 1 is 1.11 bits per heavy atom. The second-order valence-corrected chi connectivity index (χ2v) is 9.38. The molecule has 1 aliphatic rings. The molecular weight excluding hydrogens is 589 g/mol. The first-order valence-electron chi connectivity index (χ1n) is 12.8. The van der Waals surface area contributed by atoms with Gasteiger partial charge in [0.2, 0.25) is 5.91 Å². The summed E-state index contributed by atoms with van der Waals surface area (Å²) in [5.41, 5.74) is 4.72. The number of hydrogen-bond acceptors (Lipinski definition) is 8. The fraction of sp³-hybridized carbons (Fsp3) is 0.276. The summed E-state index contributed by atoms with van der Waals surface area (Å²) in [5, 5.41) is 20.0. The number of hydroxylamine groups is 1. The van der Waals surface area contributed by atoms with E-state index in [2.05, 4.69) is 16.2 Å². The molecular formula is C29H27F3N4O8. The zero-order valence-corrected chi connectivity index (χ0v) is 23.1. The van der Waals surface area contributed by atoms with Crippen LogP contribution in [-0.2, 0) is 20.9 Å². The van der Waals surface area contributed by atoms with Gasteiger partial charge in [0.15, 0.2) is 6.61 Å². The normalized spacial score (nSPS) is 15.8. The molecule has 1 aliphatic heterocycles. The minimum absolute atomic E-state index is 0.0216. The van der Waals surface area contributed by atoms with Crippen LogP contribution >= 0.6 is 0 Å². The van der Waals surface area contributed by atoms with E-state index in [1.165, 1.54) is 4.90 Å². The van der Waals surface area contributed by atoms with Crippen LogP contribution in [0, 0.1) is 25.2 Å². The highest BCUT2D eigenvalue weighted by Crippen LogP contribution is 2.22. The lowest BCUT2D eigenvalue weighted by molar-refractivity contribution is -0.192. The van der Waals surface area contributed by atoms with E-state index in [1.807, 2.05) is 37.3 Å². The summed E-state index contributed by atoms with van der Waals surface area (Å²) in [6, 6.07) is 15.7. The molecule has 4 N–H and O–H groups in total. The Bertz CT molecular complexity index is 1560. The number of fused-ring (bicyclic) bond motifs is 1. The van der Waals surface area contributed by atoms with Gasteiger partial charge >= 0.3 is 18.2 Å². The molecule has 2 heterocycles. The number of hydrogen-bond donors (Lipinski definition) is 4. The molecule has 12 nitrogen and oxygen atoms in total. The third-order valence-corrected chi connectivity index (χ3v) is 6.30. The lowest BCUT2D eigenvalue weighted by atomic mass is 10.0. The Hall–Kier alpha value is -5.36. The number of halogens is 3. The topological polar surface area (TPSA) is 167 Å². The van der Waals surface area contributed by atoms with E-state index in [-0.39, 0.29) is 19.7 Å². The minimum Gasteiger partial charge on any atom is -0.489 e. The Labute approximate surface area is 248 Å². The molecule has 2 aromatic carbocycles. The van der Waals surface area contributed by atoms with E-state index in [9.17, 15) is 27.6 Å². The van der Waals surface area contributed by atoms with Crippen molar-refractivity contribution >= 4 is 34.8 Å². The highest BCUT2D eigenvalue weighted by molar-refractivity contribution is 5.95. The number of aliphatic carboxylic acids is 1. The van der Waals surface area contributed by atoms with Gasteiger partial charge in [-0.1, -0.05) is 24.1 Å². The van der Waals surface area contributed by atoms with Crippen molar-refractivity contribution < 1.29 is 52.1 Å². The van der Waals surface area contributed by atoms with E-state index in [0.717, 1.165) is 22.2 Å². The lowest BCUT2D eigenvalue weighted by Crippen LogP contribution is -2.45. The number of likely N-dealkylation sites (tertiary alicyclic amines) is 1. The number of aromatic nitrogens is 1. The van der Waals surface area contributed by atoms with Crippen LogP contribution in [0.4, 0.5) is 18.0 Å². The van der Waals surface area contributed by atoms with Gasteiger partial charge in [0.1, 0.15) is 12.4 Å². The number of carbonyl (C=O) groups is 4. The molecule has 232 valence electrons. The number of carboxylic acids is 1. The number of alkyl halides is 3. The average Bonchev–Trinajstić information content (AvgIpc) is 3.42. The Kier molecular flexibility index (Phi) is 11.1. The predicted octanol–water partition coefficient (Wildman–Crippen LogP) is 3.06. The quantitative estimate of drug-likeness (QED) is 0.177. The molecule has 1 aromatic heterocycles. The number of nitrogens with zero attached hydrogens (tertiary/aromatic N) is 2. The SMILES string of the molecule is C#CCOC(=O)N1C[C@H](C(=O)NO)[C@H](NC(=O)c2ccc(OCc3cc(C)nc4ccccc34)cc2)C1.O=C(O)C(F)(F)F. The number of rotatable bonds is 7. The molecule has 0 bridgehead atoms. The molecule has 3 aromatic rings. The van der Waals surface area contributed by atoms with E-state index in [1.54, 1.807) is 29.7 Å². The molecule has 0 spiro atoms. The van der Waals surface area contributed by atoms with Crippen molar-refractivity contribution in [1.82, 2.24) is 20.7 Å². The number of amides is 3. The van der Waals surface area contributed by atoms with Crippen LogP contribution < -0.4 is 15.5 Å². The Balaban J connectivity index is 0.000000676. The molecule has 1 fully saturated rings. The number of ether oxygens (including phenoxy) is 2. The second kappa shape index (κ2) is 14.7. The third kappa shape index (κ3) is 8.82. The van der Waals surface area contributed by atoms with Crippen LogP contribution in [-0.4, -0.2) is 76.0 Å². The van der Waals surface area contributed by atoms with Crippen LogP contribution in [0.3, 0.4) is 0 Å². The van der Waals surface area contributed by atoms with Crippen molar-refractivity contribution in [2.24, 2.45) is 5.92 Å². The second-order valence-electron chi connectivity index (χ2n) is 9.38. The molecule has 0 saturated carbocycles. The van der Waals surface area contributed by atoms with Gasteiger partial charge in [-0.05, 0) is 43.3 Å². The Morgan fingerprint density at radius 3 is 2.39 bits per heavy atom. The number of carbonyl (C=O) groups excluding carboxylic acids is 3. The fourth-order valence-corrected chi connectivity index (χ4v) is 4.27. The molecule has 1 saturated heterocycles. The van der Waals surface area contributed by atoms with Gasteiger partial charge in [0.25, 0.3) is 5.91 Å². The number of benzene rings is 2. The van der Waals surface area contributed by atoms with Gasteiger partial charge < -0.3 is 24.8 Å². The van der Waals surface area contributed by atoms with Crippen molar-refractivity contribution in [3.05, 3.63) is 71.4 Å². The van der Waals surface area contributed by atoms with Gasteiger partial charge in [0, 0.05) is 35.3 Å². The number of pyridine rings is 1. The summed E-state index contributed by atoms with van der Waals surface area (Å²) in [4.78, 5) is 51.8. The summed E-state index contributed by atoms with van der Waals surface area (Å²) in [7, 11) is 0. The van der Waals surface area contributed by atoms with E-state index in [4.69, 9.17) is 31.0 Å². The summed E-state index contributed by atoms with van der Waals surface area (Å²) in [6.45, 7) is 2.03. The van der Waals surface area contributed by atoms with Gasteiger partial charge in [-0.2, -0.15) is 13.2 Å². The largest absolute Gasteiger partial charge is 0.490 e. The summed E-state index contributed by atoms with van der Waals surface area (Å²) in [5.74, 6) is -2.02. The third-order valence-electron chi connectivity index (χ3n) is 6.30. The van der Waals surface area contributed by atoms with E-state index >= 15 is 0 Å². The number of para-hydroxylation sites is 1. The minimum atomic E-state index is -5.08. The number of terminal acetylenes is 1. The molecule has 44 heavy (non-hydrogen) atoms. The van der Waals surface area contributed by atoms with Crippen LogP contribution in [0.5, 0.6) is 5.75 Å². The smallest absolute Gasteiger partial charge is 0.489 e. The zero-order valence-electron chi connectivity index (χ0n) is 23.1. The monoisotopic (exact) mass is 616 g/mol. The Morgan fingerprint density at radius 2 is 1.77 bits per heavy atom. The van der Waals surface area contributed by atoms with Crippen LogP contribution in [0.15, 0.2) is 54.6 Å². The standard InChI is InChI=1S/C27H26N4O6.C2HF3O2/c1-3-12-36-27(34)31-14-22(26(33)30-35)24(15-31)29-25(32)18-8-10-20(11-9-18)37-16-19-13-17(2)28-23-7-5-4-6-21(19)23;3-2(4,5)1(6)7/h1,4-11,13,22,24,35H,12,14-16H2,2H3,(H,29,32)(H,30,33);(H,6,7)/t22-,24+;/m0./s1. The maximum absolute atomic E-state index is 12.9. The van der Waals surface area contributed by atoms with Gasteiger partial charge in [-0.25, -0.2) is 15.1 Å². The number of nitrogens with one attached hydrogen (secondary N) is 2. The fourth-order valence-electron chi connectivity index (χ4n) is 4.27. The first-order valence-corrected chi connectivity index (χ1v) is 12.8. The van der Waals surface area contributed by atoms with Crippen LogP contribution in [0.25, 0.3) is 10.9 Å². The highest BCUT2D eigenvalue weighted by Gasteiger charge is 2.41. The molecule has 2 atom stereocenters. The van der Waals surface area contributed by atoms with Crippen molar-refractivity contribution in [1.29, 1.82) is 0 Å². The van der Waals surface area contributed by atoms with Crippen molar-refractivity contribution in [2.75, 3.05) is 19.7 Å². The number of carboxylic acid groups (broad SMARTS) is 1. The van der Waals surface area contributed by atoms with Crippen LogP contribution in [0.2, 0.25) is 0 Å². The molecule has 15 heteroatoms. The highest BCUT2D eigenvalue weighted by atomic mass is 19.4. The maximum atomic E-state index is 12.9.